The second-order valence-electron chi connectivity index (χ2n) is 2.88. The van der Waals surface area contributed by atoms with Crippen LogP contribution in [0.15, 0.2) is 0 Å². The molecule has 0 aromatic heterocycles. The van der Waals surface area contributed by atoms with E-state index < -0.39 is 0 Å². The molecule has 0 fully saturated rings. The third-order valence-corrected chi connectivity index (χ3v) is 1.97. The van der Waals surface area contributed by atoms with E-state index in [1.54, 1.807) is 0 Å². The minimum atomic E-state index is 0. The molecule has 0 radical (unpaired) electrons. The van der Waals surface area contributed by atoms with E-state index in [4.69, 9.17) is 4.74 Å². The second kappa shape index (κ2) is 13.2. The number of thiocarbonyl (C=S) groups is 1. The first-order valence-corrected chi connectivity index (χ1v) is 5.48. The van der Waals surface area contributed by atoms with E-state index in [1.165, 1.54) is 32.1 Å². The molecule has 0 spiro atoms. The van der Waals surface area contributed by atoms with Crippen LogP contribution in [0.4, 0.5) is 0 Å². The first-order valence-electron chi connectivity index (χ1n) is 4.63. The molecule has 0 aromatic carbocycles. The quantitative estimate of drug-likeness (QED) is 0.298. The molecule has 0 heterocycles. The molecule has 1 nitrogen and oxygen atoms in total. The third-order valence-electron chi connectivity index (χ3n) is 1.72. The number of thiol groups is 1. The summed E-state index contributed by atoms with van der Waals surface area (Å²) >= 11 is 8.52. The molecule has 0 rings (SSSR count). The Hall–Kier alpha value is 1.24. The number of hydrogen-bond donors (Lipinski definition) is 1. The molecule has 4 heteroatoms. The minimum Gasteiger partial charge on any atom is -1.00 e. The molecule has 0 aliphatic heterocycles. The summed E-state index contributed by atoms with van der Waals surface area (Å²) in [7, 11) is 0. The van der Waals surface area contributed by atoms with Gasteiger partial charge in [-0.15, -0.1) is 0 Å². The molecule has 0 saturated heterocycles. The largest absolute Gasteiger partial charge is 1.00 e. The monoisotopic (exact) mass is 230 g/mol. The average Bonchev–Trinajstić information content (AvgIpc) is 2.02. The Morgan fingerprint density at radius 1 is 1.23 bits per heavy atom. The van der Waals surface area contributed by atoms with Crippen molar-refractivity contribution >= 4 is 29.2 Å². The maximum atomic E-state index is 5.04. The number of unbranched alkanes of at least 4 members (excludes halogenated alkanes) is 5. The Labute approximate surface area is 116 Å². The van der Waals surface area contributed by atoms with Crippen molar-refractivity contribution in [3.63, 3.8) is 0 Å². The van der Waals surface area contributed by atoms with E-state index in [-0.39, 0.29) is 31.0 Å². The Balaban J connectivity index is -0.000000605. The van der Waals surface area contributed by atoms with E-state index in [0.717, 1.165) is 13.0 Å². The predicted molar refractivity (Wildman–Crippen MR) is 62.0 cm³/mol. The van der Waals surface area contributed by atoms with E-state index in [9.17, 15) is 0 Å². The van der Waals surface area contributed by atoms with E-state index in [1.807, 2.05) is 0 Å². The van der Waals surface area contributed by atoms with Crippen molar-refractivity contribution in [3.05, 3.63) is 0 Å². The summed E-state index contributed by atoms with van der Waals surface area (Å²) in [6.07, 6.45) is 7.67. The van der Waals surface area contributed by atoms with Crippen LogP contribution >= 0.6 is 24.8 Å². The van der Waals surface area contributed by atoms with Crippen molar-refractivity contribution in [2.24, 2.45) is 0 Å². The van der Waals surface area contributed by atoms with E-state index in [0.29, 0.717) is 4.38 Å². The van der Waals surface area contributed by atoms with Crippen LogP contribution in [0.25, 0.3) is 0 Å². The van der Waals surface area contributed by atoms with Crippen LogP contribution < -0.4 is 29.6 Å². The number of hydrogen-bond acceptors (Lipinski definition) is 2. The molecule has 0 unspecified atom stereocenters. The SMILES string of the molecule is CCCCCCCCOC(=S)S.[H-].[Na+]. The Kier molecular flexibility index (Phi) is 17.0. The van der Waals surface area contributed by atoms with Crippen molar-refractivity contribution in [3.8, 4) is 0 Å². The van der Waals surface area contributed by atoms with Gasteiger partial charge in [-0.25, -0.2) is 0 Å². The molecule has 0 saturated carbocycles. The number of ether oxygens (including phenoxy) is 1. The summed E-state index contributed by atoms with van der Waals surface area (Å²) in [5, 5.41) is 0. The van der Waals surface area contributed by atoms with Gasteiger partial charge < -0.3 is 6.16 Å². The third kappa shape index (κ3) is 16.0. The van der Waals surface area contributed by atoms with Crippen LogP contribution in [0.2, 0.25) is 0 Å². The fourth-order valence-corrected chi connectivity index (χ4v) is 1.22. The molecular weight excluding hydrogens is 211 g/mol. The Bertz CT molecular complexity index is 125. The van der Waals surface area contributed by atoms with Gasteiger partial charge in [0.2, 0.25) is 4.38 Å². The standard InChI is InChI=1S/C9H18OS2.Na.H/c1-2-3-4-5-6-7-8-10-9(11)12;;/h2-8H2,1H3,(H,11,12);;/q;+1;-1. The molecule has 0 bridgehead atoms. The van der Waals surface area contributed by atoms with E-state index >= 15 is 0 Å². The Morgan fingerprint density at radius 2 is 1.77 bits per heavy atom. The molecule has 13 heavy (non-hydrogen) atoms. The molecule has 0 aliphatic carbocycles. The molecular formula is C9H19NaOS2. The van der Waals surface area contributed by atoms with Crippen LogP contribution in [0.1, 0.15) is 46.9 Å². The first-order chi connectivity index (χ1) is 5.77. The first kappa shape index (κ1) is 16.7. The maximum absolute atomic E-state index is 5.04. The van der Waals surface area contributed by atoms with Gasteiger partial charge in [-0.2, -0.15) is 0 Å². The predicted octanol–water partition coefficient (Wildman–Crippen LogP) is 0.695. The summed E-state index contributed by atoms with van der Waals surface area (Å²) < 4.78 is 5.41. The van der Waals surface area contributed by atoms with Gasteiger partial charge in [-0.05, 0) is 18.6 Å². The van der Waals surface area contributed by atoms with Crippen molar-refractivity contribution in [1.29, 1.82) is 0 Å². The van der Waals surface area contributed by atoms with Gasteiger partial charge in [-0.3, -0.25) is 0 Å². The van der Waals surface area contributed by atoms with Gasteiger partial charge in [0.05, 0.1) is 6.61 Å². The van der Waals surface area contributed by atoms with Gasteiger partial charge in [0.25, 0.3) is 0 Å². The molecule has 74 valence electrons. The molecule has 0 atom stereocenters. The normalized spacial score (nSPS) is 9.08. The van der Waals surface area contributed by atoms with E-state index in [2.05, 4.69) is 31.8 Å². The van der Waals surface area contributed by atoms with Gasteiger partial charge in [-0.1, -0.05) is 51.7 Å². The summed E-state index contributed by atoms with van der Waals surface area (Å²) in [6, 6.07) is 0. The molecule has 0 aromatic rings. The summed E-state index contributed by atoms with van der Waals surface area (Å²) in [5.41, 5.74) is 0. The van der Waals surface area contributed by atoms with Crippen LogP contribution in [0.3, 0.4) is 0 Å². The van der Waals surface area contributed by atoms with Crippen molar-refractivity contribution in [2.45, 2.75) is 45.4 Å². The summed E-state index contributed by atoms with van der Waals surface area (Å²) in [6.45, 7) is 2.96. The van der Waals surface area contributed by atoms with Crippen LogP contribution in [0.5, 0.6) is 0 Å². The van der Waals surface area contributed by atoms with Crippen molar-refractivity contribution < 1.29 is 35.7 Å². The zero-order valence-electron chi connectivity index (χ0n) is 9.71. The molecule has 0 aliphatic rings. The van der Waals surface area contributed by atoms with Crippen LogP contribution in [0, 0.1) is 0 Å². The summed E-state index contributed by atoms with van der Waals surface area (Å²) in [4.78, 5) is 0. The van der Waals surface area contributed by atoms with Crippen LogP contribution in [-0.4, -0.2) is 11.0 Å². The van der Waals surface area contributed by atoms with Gasteiger partial charge in [0.1, 0.15) is 0 Å². The molecule has 0 N–H and O–H groups in total. The average molecular weight is 230 g/mol. The van der Waals surface area contributed by atoms with Crippen molar-refractivity contribution in [1.82, 2.24) is 0 Å². The summed E-state index contributed by atoms with van der Waals surface area (Å²) in [5.74, 6) is 0. The Morgan fingerprint density at radius 3 is 2.31 bits per heavy atom. The number of rotatable bonds is 7. The minimum absolute atomic E-state index is 0. The van der Waals surface area contributed by atoms with Crippen LogP contribution in [-0.2, 0) is 4.74 Å². The van der Waals surface area contributed by atoms with Gasteiger partial charge in [0, 0.05) is 0 Å². The topological polar surface area (TPSA) is 9.23 Å². The zero-order chi connectivity index (χ0) is 9.23. The van der Waals surface area contributed by atoms with Gasteiger partial charge in [0.15, 0.2) is 0 Å². The van der Waals surface area contributed by atoms with Gasteiger partial charge >= 0.3 is 29.6 Å². The molecule has 0 amide bonds. The zero-order valence-corrected chi connectivity index (χ0v) is 12.4. The fourth-order valence-electron chi connectivity index (χ4n) is 1.04. The second-order valence-corrected chi connectivity index (χ2v) is 3.96. The maximum Gasteiger partial charge on any atom is 1.00 e. The fraction of sp³-hybridized carbons (Fsp3) is 0.889. The smallest absolute Gasteiger partial charge is 1.00 e. The van der Waals surface area contributed by atoms with Crippen molar-refractivity contribution in [2.75, 3.05) is 6.61 Å².